The van der Waals surface area contributed by atoms with E-state index in [-0.39, 0.29) is 6.04 Å². The van der Waals surface area contributed by atoms with Crippen molar-refractivity contribution in [1.82, 2.24) is 14.5 Å². The summed E-state index contributed by atoms with van der Waals surface area (Å²) in [5.41, 5.74) is 7.91. The number of aryl methyl sites for hydroxylation is 3. The number of pyridine rings is 1. The fourth-order valence-electron chi connectivity index (χ4n) is 4.54. The van der Waals surface area contributed by atoms with E-state index in [0.717, 1.165) is 46.7 Å². The zero-order chi connectivity index (χ0) is 21.0. The molecule has 0 radical (unpaired) electrons. The van der Waals surface area contributed by atoms with Crippen molar-refractivity contribution in [2.45, 2.75) is 52.2 Å². The van der Waals surface area contributed by atoms with Gasteiger partial charge in [0.2, 0.25) is 0 Å². The molecule has 152 valence electrons. The molecule has 0 bridgehead atoms. The Morgan fingerprint density at radius 2 is 1.73 bits per heavy atom. The predicted molar refractivity (Wildman–Crippen MR) is 121 cm³/mol. The van der Waals surface area contributed by atoms with Crippen LogP contribution in [0.3, 0.4) is 0 Å². The maximum atomic E-state index is 10.2. The van der Waals surface area contributed by atoms with Crippen LogP contribution in [0.25, 0.3) is 22.4 Å². The van der Waals surface area contributed by atoms with E-state index >= 15 is 0 Å². The molecule has 0 fully saturated rings. The average Bonchev–Trinajstić information content (AvgIpc) is 3.28. The van der Waals surface area contributed by atoms with Gasteiger partial charge in [0.25, 0.3) is 0 Å². The quantitative estimate of drug-likeness (QED) is 0.498. The molecular formula is C26H27N3O. The molecule has 0 saturated heterocycles. The third kappa shape index (κ3) is 3.12. The Morgan fingerprint density at radius 1 is 0.967 bits per heavy atom. The van der Waals surface area contributed by atoms with Crippen LogP contribution in [0.5, 0.6) is 0 Å². The molecule has 1 atom stereocenters. The van der Waals surface area contributed by atoms with E-state index in [1.807, 2.05) is 30.3 Å². The summed E-state index contributed by atoms with van der Waals surface area (Å²) in [6, 6.07) is 19.1. The van der Waals surface area contributed by atoms with E-state index in [4.69, 9.17) is 9.97 Å². The summed E-state index contributed by atoms with van der Waals surface area (Å²) in [6.07, 6.45) is 2.04. The van der Waals surface area contributed by atoms with Gasteiger partial charge in [0, 0.05) is 12.0 Å². The SMILES string of the molecule is Cc1ccc(C)c(C2CCc3nc4ccc(-c5ccc(C(C)(C)O)cc5)nc4n32)c1. The Bertz CT molecular complexity index is 1250. The van der Waals surface area contributed by atoms with Crippen molar-refractivity contribution in [3.63, 3.8) is 0 Å². The summed E-state index contributed by atoms with van der Waals surface area (Å²) in [5, 5.41) is 10.2. The van der Waals surface area contributed by atoms with Gasteiger partial charge in [-0.1, -0.05) is 48.0 Å². The molecule has 5 rings (SSSR count). The van der Waals surface area contributed by atoms with Gasteiger partial charge in [0.15, 0.2) is 5.65 Å². The van der Waals surface area contributed by atoms with E-state index in [1.165, 1.54) is 16.7 Å². The fraction of sp³-hybridized carbons (Fsp3) is 0.308. The maximum absolute atomic E-state index is 10.2. The highest BCUT2D eigenvalue weighted by atomic mass is 16.3. The smallest absolute Gasteiger partial charge is 0.161 e. The summed E-state index contributed by atoms with van der Waals surface area (Å²) in [4.78, 5) is 9.90. The first kappa shape index (κ1) is 19.0. The van der Waals surface area contributed by atoms with Crippen LogP contribution < -0.4 is 0 Å². The molecule has 1 aliphatic heterocycles. The maximum Gasteiger partial charge on any atom is 0.161 e. The highest BCUT2D eigenvalue weighted by molar-refractivity contribution is 5.77. The summed E-state index contributed by atoms with van der Waals surface area (Å²) < 4.78 is 2.34. The topological polar surface area (TPSA) is 50.9 Å². The fourth-order valence-corrected chi connectivity index (χ4v) is 4.54. The van der Waals surface area contributed by atoms with Gasteiger partial charge in [0.05, 0.1) is 17.3 Å². The van der Waals surface area contributed by atoms with Gasteiger partial charge in [0.1, 0.15) is 11.3 Å². The van der Waals surface area contributed by atoms with Gasteiger partial charge in [-0.3, -0.25) is 0 Å². The van der Waals surface area contributed by atoms with E-state index < -0.39 is 5.60 Å². The zero-order valence-corrected chi connectivity index (χ0v) is 18.0. The number of hydrogen-bond donors (Lipinski definition) is 1. The second kappa shape index (κ2) is 6.78. The van der Waals surface area contributed by atoms with Crippen LogP contribution in [0.15, 0.2) is 54.6 Å². The van der Waals surface area contributed by atoms with E-state index in [1.54, 1.807) is 13.8 Å². The van der Waals surface area contributed by atoms with Crippen molar-refractivity contribution < 1.29 is 5.11 Å². The van der Waals surface area contributed by atoms with Crippen LogP contribution in [-0.2, 0) is 12.0 Å². The molecule has 0 spiro atoms. The van der Waals surface area contributed by atoms with Crippen molar-refractivity contribution in [2.24, 2.45) is 0 Å². The van der Waals surface area contributed by atoms with E-state index in [9.17, 15) is 5.11 Å². The Balaban J connectivity index is 1.60. The standard InChI is InChI=1S/C26H27N3O/c1-16-5-6-17(2)20(15-16)23-13-14-24-27-22-12-11-21(28-25(22)29(23)24)18-7-9-19(10-8-18)26(3,4)30/h5-12,15,23,30H,13-14H2,1-4H3. The summed E-state index contributed by atoms with van der Waals surface area (Å²) in [7, 11) is 0. The van der Waals surface area contributed by atoms with Gasteiger partial charge in [-0.25, -0.2) is 9.97 Å². The largest absolute Gasteiger partial charge is 0.386 e. The molecule has 0 saturated carbocycles. The molecule has 30 heavy (non-hydrogen) atoms. The Labute approximate surface area is 177 Å². The van der Waals surface area contributed by atoms with Gasteiger partial charge in [-0.2, -0.15) is 0 Å². The third-order valence-electron chi connectivity index (χ3n) is 6.24. The first-order valence-corrected chi connectivity index (χ1v) is 10.6. The predicted octanol–water partition coefficient (Wildman–Crippen LogP) is 5.48. The lowest BCUT2D eigenvalue weighted by molar-refractivity contribution is 0.0786. The number of benzene rings is 2. The molecule has 0 aliphatic carbocycles. The second-order valence-corrected chi connectivity index (χ2v) is 8.99. The van der Waals surface area contributed by atoms with Crippen molar-refractivity contribution in [1.29, 1.82) is 0 Å². The lowest BCUT2D eigenvalue weighted by Crippen LogP contribution is -2.14. The number of aliphatic hydroxyl groups is 1. The minimum Gasteiger partial charge on any atom is -0.386 e. The van der Waals surface area contributed by atoms with E-state index in [0.29, 0.717) is 0 Å². The molecule has 3 heterocycles. The van der Waals surface area contributed by atoms with Crippen LogP contribution in [0, 0.1) is 13.8 Å². The molecule has 4 heteroatoms. The Kier molecular flexibility index (Phi) is 4.30. The van der Waals surface area contributed by atoms with Crippen LogP contribution in [-0.4, -0.2) is 19.6 Å². The zero-order valence-electron chi connectivity index (χ0n) is 18.0. The van der Waals surface area contributed by atoms with Gasteiger partial charge in [-0.05, 0) is 62.9 Å². The molecule has 2 aromatic carbocycles. The van der Waals surface area contributed by atoms with Crippen molar-refractivity contribution in [3.05, 3.63) is 82.7 Å². The van der Waals surface area contributed by atoms with Crippen molar-refractivity contribution in [2.75, 3.05) is 0 Å². The highest BCUT2D eigenvalue weighted by Crippen LogP contribution is 2.37. The summed E-state index contributed by atoms with van der Waals surface area (Å²) in [5.74, 6) is 1.12. The third-order valence-corrected chi connectivity index (χ3v) is 6.24. The molecule has 1 N–H and O–H groups in total. The minimum atomic E-state index is -0.846. The van der Waals surface area contributed by atoms with Crippen LogP contribution in [0.2, 0.25) is 0 Å². The first-order chi connectivity index (χ1) is 14.3. The normalized spacial score (nSPS) is 16.2. The number of nitrogens with zero attached hydrogens (tertiary/aromatic N) is 3. The molecule has 0 amide bonds. The highest BCUT2D eigenvalue weighted by Gasteiger charge is 2.29. The van der Waals surface area contributed by atoms with Crippen molar-refractivity contribution >= 4 is 11.2 Å². The molecular weight excluding hydrogens is 370 g/mol. The van der Waals surface area contributed by atoms with Crippen LogP contribution in [0.4, 0.5) is 0 Å². The van der Waals surface area contributed by atoms with Crippen LogP contribution in [0.1, 0.15) is 54.4 Å². The van der Waals surface area contributed by atoms with Crippen molar-refractivity contribution in [3.8, 4) is 11.3 Å². The first-order valence-electron chi connectivity index (χ1n) is 10.6. The monoisotopic (exact) mass is 397 g/mol. The molecule has 4 aromatic rings. The Hall–Kier alpha value is -2.98. The lowest BCUT2D eigenvalue weighted by atomic mass is 9.96. The summed E-state index contributed by atoms with van der Waals surface area (Å²) in [6.45, 7) is 7.94. The van der Waals surface area contributed by atoms with Gasteiger partial charge < -0.3 is 9.67 Å². The summed E-state index contributed by atoms with van der Waals surface area (Å²) >= 11 is 0. The average molecular weight is 398 g/mol. The molecule has 4 nitrogen and oxygen atoms in total. The van der Waals surface area contributed by atoms with Crippen LogP contribution >= 0.6 is 0 Å². The number of aromatic nitrogens is 3. The van der Waals surface area contributed by atoms with Gasteiger partial charge >= 0.3 is 0 Å². The molecule has 2 aromatic heterocycles. The molecule has 1 aliphatic rings. The molecule has 1 unspecified atom stereocenters. The van der Waals surface area contributed by atoms with Gasteiger partial charge in [-0.15, -0.1) is 0 Å². The number of hydrogen-bond acceptors (Lipinski definition) is 3. The minimum absolute atomic E-state index is 0.283. The Morgan fingerprint density at radius 3 is 2.47 bits per heavy atom. The number of imidazole rings is 1. The lowest BCUT2D eigenvalue weighted by Gasteiger charge is -2.18. The van der Waals surface area contributed by atoms with E-state index in [2.05, 4.69) is 42.7 Å². The number of rotatable bonds is 3. The second-order valence-electron chi connectivity index (χ2n) is 8.99. The number of fused-ring (bicyclic) bond motifs is 3.